The van der Waals surface area contributed by atoms with Gasteiger partial charge in [-0.2, -0.15) is 0 Å². The number of hydrogen-bond acceptors (Lipinski definition) is 6. The highest BCUT2D eigenvalue weighted by Gasteiger charge is 2.47. The number of carbonyl (C=O) groups is 1. The van der Waals surface area contributed by atoms with Crippen molar-refractivity contribution in [1.29, 1.82) is 0 Å². The molecule has 8 nitrogen and oxygen atoms in total. The van der Waals surface area contributed by atoms with Crippen molar-refractivity contribution in [3.05, 3.63) is 18.2 Å². The highest BCUT2D eigenvalue weighted by molar-refractivity contribution is 7.91. The third kappa shape index (κ3) is 3.47. The lowest BCUT2D eigenvalue weighted by molar-refractivity contribution is -0.131. The molecule has 1 aromatic heterocycles. The van der Waals surface area contributed by atoms with E-state index in [-0.39, 0.29) is 36.0 Å². The molecular formula is C15H25N5O3S. The van der Waals surface area contributed by atoms with Crippen molar-refractivity contribution in [2.24, 2.45) is 7.05 Å². The second-order valence-electron chi connectivity index (χ2n) is 6.90. The molecule has 0 N–H and O–H groups in total. The lowest BCUT2D eigenvalue weighted by atomic mass is 10.0. The quantitative estimate of drug-likeness (QED) is 0.675. The molecule has 0 spiro atoms. The maximum absolute atomic E-state index is 12.2. The number of hydrogen-bond donors (Lipinski definition) is 0. The third-order valence-corrected chi connectivity index (χ3v) is 6.71. The Labute approximate surface area is 143 Å². The largest absolute Gasteiger partial charge is 0.348 e. The summed E-state index contributed by atoms with van der Waals surface area (Å²) in [6.07, 6.45) is 3.65. The van der Waals surface area contributed by atoms with Gasteiger partial charge in [-0.05, 0) is 0 Å². The van der Waals surface area contributed by atoms with Crippen LogP contribution in [0, 0.1) is 0 Å². The number of fused-ring (bicyclic) bond motifs is 1. The van der Waals surface area contributed by atoms with Gasteiger partial charge in [-0.25, -0.2) is 13.4 Å². The molecule has 134 valence electrons. The lowest BCUT2D eigenvalue weighted by Crippen LogP contribution is -2.60. The fraction of sp³-hybridized carbons (Fsp3) is 0.733. The standard InChI is InChI=1S/C15H25N5O3S/c1-17(2)15(21)9-20-7-6-19(8-14-16-4-5-18(14)3)12-10-24(22,23)11-13(12)20/h4-5,12-13H,6-11H2,1-3H3/t12-,13+/m0/s1. The molecule has 1 amide bonds. The number of aromatic nitrogens is 2. The highest BCUT2D eigenvalue weighted by atomic mass is 32.2. The number of nitrogens with zero attached hydrogens (tertiary/aromatic N) is 5. The van der Waals surface area contributed by atoms with Crippen molar-refractivity contribution in [1.82, 2.24) is 24.3 Å². The molecule has 3 rings (SSSR count). The van der Waals surface area contributed by atoms with Gasteiger partial charge in [0.15, 0.2) is 9.84 Å². The van der Waals surface area contributed by atoms with E-state index in [4.69, 9.17) is 0 Å². The van der Waals surface area contributed by atoms with Crippen LogP contribution in [0.1, 0.15) is 5.82 Å². The van der Waals surface area contributed by atoms with Crippen LogP contribution in [-0.2, 0) is 28.2 Å². The molecule has 24 heavy (non-hydrogen) atoms. The van der Waals surface area contributed by atoms with Crippen LogP contribution in [0.3, 0.4) is 0 Å². The van der Waals surface area contributed by atoms with Gasteiger partial charge in [-0.15, -0.1) is 0 Å². The second kappa shape index (κ2) is 6.45. The minimum atomic E-state index is -3.08. The van der Waals surface area contributed by atoms with Gasteiger partial charge in [0.1, 0.15) is 5.82 Å². The average molecular weight is 355 g/mol. The molecule has 0 aromatic carbocycles. The molecular weight excluding hydrogens is 330 g/mol. The van der Waals surface area contributed by atoms with Gasteiger partial charge in [0.25, 0.3) is 0 Å². The smallest absolute Gasteiger partial charge is 0.236 e. The molecule has 2 aliphatic rings. The molecule has 1 aromatic rings. The summed E-state index contributed by atoms with van der Waals surface area (Å²) in [5.41, 5.74) is 0. The van der Waals surface area contributed by atoms with Crippen LogP contribution < -0.4 is 0 Å². The van der Waals surface area contributed by atoms with Gasteiger partial charge < -0.3 is 9.47 Å². The van der Waals surface area contributed by atoms with Crippen molar-refractivity contribution >= 4 is 15.7 Å². The summed E-state index contributed by atoms with van der Waals surface area (Å²) in [4.78, 5) is 22.2. The molecule has 9 heteroatoms. The van der Waals surface area contributed by atoms with E-state index in [1.807, 2.05) is 22.7 Å². The topological polar surface area (TPSA) is 78.8 Å². The first-order valence-corrected chi connectivity index (χ1v) is 9.94. The van der Waals surface area contributed by atoms with Gasteiger partial charge in [-0.3, -0.25) is 14.6 Å². The van der Waals surface area contributed by atoms with Crippen LogP contribution in [0.4, 0.5) is 0 Å². The fourth-order valence-electron chi connectivity index (χ4n) is 3.53. The number of amides is 1. The van der Waals surface area contributed by atoms with Gasteiger partial charge in [0.2, 0.25) is 5.91 Å². The van der Waals surface area contributed by atoms with Crippen LogP contribution in [0.5, 0.6) is 0 Å². The van der Waals surface area contributed by atoms with E-state index in [0.717, 1.165) is 12.4 Å². The van der Waals surface area contributed by atoms with Crippen LogP contribution in [0.2, 0.25) is 0 Å². The van der Waals surface area contributed by atoms with E-state index in [0.29, 0.717) is 13.1 Å². The summed E-state index contributed by atoms with van der Waals surface area (Å²) in [7, 11) is 2.32. The molecule has 0 saturated carbocycles. The monoisotopic (exact) mass is 355 g/mol. The van der Waals surface area contributed by atoms with E-state index >= 15 is 0 Å². The minimum Gasteiger partial charge on any atom is -0.348 e. The molecule has 0 bridgehead atoms. The Bertz CT molecular complexity index is 714. The fourth-order valence-corrected chi connectivity index (χ4v) is 5.58. The number of aryl methyl sites for hydroxylation is 1. The summed E-state index contributed by atoms with van der Waals surface area (Å²) in [5.74, 6) is 1.23. The lowest BCUT2D eigenvalue weighted by Gasteiger charge is -2.43. The first-order valence-electron chi connectivity index (χ1n) is 8.12. The zero-order valence-electron chi connectivity index (χ0n) is 14.4. The van der Waals surface area contributed by atoms with Crippen molar-refractivity contribution in [3.63, 3.8) is 0 Å². The highest BCUT2D eigenvalue weighted by Crippen LogP contribution is 2.27. The molecule has 0 aliphatic carbocycles. The maximum atomic E-state index is 12.2. The Morgan fingerprint density at radius 3 is 2.46 bits per heavy atom. The predicted octanol–water partition coefficient (Wildman–Crippen LogP) is -1.21. The number of piperazine rings is 1. The Balaban J connectivity index is 1.77. The predicted molar refractivity (Wildman–Crippen MR) is 90.1 cm³/mol. The molecule has 0 radical (unpaired) electrons. The maximum Gasteiger partial charge on any atom is 0.236 e. The second-order valence-corrected chi connectivity index (χ2v) is 9.05. The minimum absolute atomic E-state index is 0.00981. The van der Waals surface area contributed by atoms with E-state index in [2.05, 4.69) is 9.88 Å². The molecule has 2 saturated heterocycles. The summed E-state index contributed by atoms with van der Waals surface area (Å²) in [6.45, 7) is 2.35. The zero-order valence-corrected chi connectivity index (χ0v) is 15.2. The van der Waals surface area contributed by atoms with Crippen molar-refractivity contribution in [2.75, 3.05) is 45.2 Å². The first-order chi connectivity index (χ1) is 11.3. The third-order valence-electron chi connectivity index (χ3n) is 5.01. The molecule has 0 unspecified atom stereocenters. The number of carbonyl (C=O) groups excluding carboxylic acids is 1. The van der Waals surface area contributed by atoms with E-state index in [9.17, 15) is 13.2 Å². The van der Waals surface area contributed by atoms with E-state index in [1.165, 1.54) is 0 Å². The first kappa shape index (κ1) is 17.4. The van der Waals surface area contributed by atoms with E-state index in [1.54, 1.807) is 25.2 Å². The van der Waals surface area contributed by atoms with Crippen LogP contribution >= 0.6 is 0 Å². The Morgan fingerprint density at radius 1 is 1.25 bits per heavy atom. The van der Waals surface area contributed by atoms with Crippen molar-refractivity contribution in [2.45, 2.75) is 18.6 Å². The van der Waals surface area contributed by atoms with Gasteiger partial charge >= 0.3 is 0 Å². The van der Waals surface area contributed by atoms with Gasteiger partial charge in [0, 0.05) is 58.7 Å². The Hall–Kier alpha value is -1.45. The molecule has 2 atom stereocenters. The summed E-state index contributed by atoms with van der Waals surface area (Å²) in [5, 5.41) is 0. The van der Waals surface area contributed by atoms with Gasteiger partial charge in [0.05, 0.1) is 24.6 Å². The molecule has 2 fully saturated rings. The Kier molecular flexibility index (Phi) is 4.67. The van der Waals surface area contributed by atoms with Crippen LogP contribution in [0.15, 0.2) is 12.4 Å². The number of sulfone groups is 1. The summed E-state index contributed by atoms with van der Waals surface area (Å²) in [6, 6.07) is -0.191. The summed E-state index contributed by atoms with van der Waals surface area (Å²) < 4.78 is 26.4. The number of likely N-dealkylation sites (N-methyl/N-ethyl adjacent to an activating group) is 1. The zero-order chi connectivity index (χ0) is 17.5. The molecule has 3 heterocycles. The van der Waals surface area contributed by atoms with Gasteiger partial charge in [-0.1, -0.05) is 0 Å². The summed E-state index contributed by atoms with van der Waals surface area (Å²) >= 11 is 0. The average Bonchev–Trinajstić information content (AvgIpc) is 3.04. The van der Waals surface area contributed by atoms with Crippen LogP contribution in [-0.4, -0.2) is 95.9 Å². The van der Waals surface area contributed by atoms with Crippen molar-refractivity contribution in [3.8, 4) is 0 Å². The normalized spacial score (nSPS) is 27.1. The number of rotatable bonds is 4. The van der Waals surface area contributed by atoms with Crippen LogP contribution in [0.25, 0.3) is 0 Å². The molecule has 2 aliphatic heterocycles. The van der Waals surface area contributed by atoms with E-state index < -0.39 is 9.84 Å². The number of imidazole rings is 1. The Morgan fingerprint density at radius 2 is 1.88 bits per heavy atom. The van der Waals surface area contributed by atoms with Crippen molar-refractivity contribution < 1.29 is 13.2 Å². The SMILES string of the molecule is CN(C)C(=O)CN1CCN(Cc2nccn2C)[C@H]2CS(=O)(=O)C[C@H]21.